The molecule has 4 nitrogen and oxygen atoms in total. The summed E-state index contributed by atoms with van der Waals surface area (Å²) in [6.07, 6.45) is 0.148. The lowest BCUT2D eigenvalue weighted by Gasteiger charge is -2.17. The SMILES string of the molecule is Cc1ccc(OC(=O)[C@H]2CC(=O)N(c3ccc(C)c(Cl)c3)C2)cc1C. The van der Waals surface area contributed by atoms with Gasteiger partial charge in [0.15, 0.2) is 0 Å². The van der Waals surface area contributed by atoms with Gasteiger partial charge >= 0.3 is 5.97 Å². The molecule has 0 bridgehead atoms. The maximum Gasteiger partial charge on any atom is 0.316 e. The number of hydrogen-bond donors (Lipinski definition) is 0. The van der Waals surface area contributed by atoms with Crippen molar-refractivity contribution < 1.29 is 14.3 Å². The van der Waals surface area contributed by atoms with Gasteiger partial charge in [0.2, 0.25) is 5.91 Å². The molecule has 1 aliphatic rings. The highest BCUT2D eigenvalue weighted by atomic mass is 35.5. The zero-order chi connectivity index (χ0) is 18.1. The number of nitrogens with zero attached hydrogens (tertiary/aromatic N) is 1. The lowest BCUT2D eigenvalue weighted by molar-refractivity contribution is -0.139. The van der Waals surface area contributed by atoms with Crippen molar-refractivity contribution in [2.75, 3.05) is 11.4 Å². The molecule has 0 radical (unpaired) electrons. The zero-order valence-corrected chi connectivity index (χ0v) is 15.3. The van der Waals surface area contributed by atoms with Crippen molar-refractivity contribution in [2.45, 2.75) is 27.2 Å². The highest BCUT2D eigenvalue weighted by Gasteiger charge is 2.36. The molecule has 1 aliphatic heterocycles. The van der Waals surface area contributed by atoms with Crippen molar-refractivity contribution in [3.05, 3.63) is 58.1 Å². The second-order valence-corrected chi connectivity index (χ2v) is 6.91. The van der Waals surface area contributed by atoms with E-state index in [2.05, 4.69) is 0 Å². The number of carbonyl (C=O) groups excluding carboxylic acids is 2. The van der Waals surface area contributed by atoms with E-state index in [9.17, 15) is 9.59 Å². The predicted octanol–water partition coefficient (Wildman–Crippen LogP) is 4.22. The van der Waals surface area contributed by atoms with Gasteiger partial charge in [0.05, 0.1) is 5.92 Å². The molecule has 0 spiro atoms. The highest BCUT2D eigenvalue weighted by Crippen LogP contribution is 2.29. The third-order valence-corrected chi connectivity index (χ3v) is 5.03. The molecule has 0 aliphatic carbocycles. The van der Waals surface area contributed by atoms with Crippen LogP contribution >= 0.6 is 11.6 Å². The van der Waals surface area contributed by atoms with Gasteiger partial charge in [-0.05, 0) is 61.7 Å². The van der Waals surface area contributed by atoms with Gasteiger partial charge in [-0.25, -0.2) is 0 Å². The predicted molar refractivity (Wildman–Crippen MR) is 98.2 cm³/mol. The Hall–Kier alpha value is -2.33. The van der Waals surface area contributed by atoms with Crippen LogP contribution in [0, 0.1) is 26.7 Å². The molecule has 0 unspecified atom stereocenters. The first-order valence-corrected chi connectivity index (χ1v) is 8.58. The van der Waals surface area contributed by atoms with Gasteiger partial charge in [0, 0.05) is 23.7 Å². The monoisotopic (exact) mass is 357 g/mol. The fourth-order valence-corrected chi connectivity index (χ4v) is 3.02. The summed E-state index contributed by atoms with van der Waals surface area (Å²) in [5.41, 5.74) is 3.85. The van der Waals surface area contributed by atoms with Crippen molar-refractivity contribution in [1.29, 1.82) is 0 Å². The van der Waals surface area contributed by atoms with E-state index in [1.165, 1.54) is 0 Å². The van der Waals surface area contributed by atoms with Crippen molar-refractivity contribution >= 4 is 29.2 Å². The Bertz CT molecular complexity index is 847. The summed E-state index contributed by atoms with van der Waals surface area (Å²) in [5.74, 6) is -0.439. The van der Waals surface area contributed by atoms with Crippen LogP contribution in [0.5, 0.6) is 5.75 Å². The maximum absolute atomic E-state index is 12.4. The van der Waals surface area contributed by atoms with Crippen molar-refractivity contribution in [1.82, 2.24) is 0 Å². The topological polar surface area (TPSA) is 46.6 Å². The van der Waals surface area contributed by atoms with Gasteiger partial charge in [-0.3, -0.25) is 9.59 Å². The minimum atomic E-state index is -0.478. The molecule has 1 heterocycles. The highest BCUT2D eigenvalue weighted by molar-refractivity contribution is 6.31. The van der Waals surface area contributed by atoms with Crippen LogP contribution in [0.3, 0.4) is 0 Å². The van der Waals surface area contributed by atoms with E-state index in [0.29, 0.717) is 23.0 Å². The third kappa shape index (κ3) is 3.69. The summed E-state index contributed by atoms with van der Waals surface area (Å²) in [5, 5.41) is 0.603. The van der Waals surface area contributed by atoms with Gasteiger partial charge in [-0.1, -0.05) is 23.7 Å². The molecule has 3 rings (SSSR count). The number of aryl methyl sites for hydroxylation is 3. The second-order valence-electron chi connectivity index (χ2n) is 6.51. The smallest absolute Gasteiger partial charge is 0.316 e. The number of halogens is 1. The summed E-state index contributed by atoms with van der Waals surface area (Å²) in [6.45, 7) is 6.18. The Balaban J connectivity index is 1.71. The fraction of sp³-hybridized carbons (Fsp3) is 0.300. The second kappa shape index (κ2) is 6.89. The number of amides is 1. The number of hydrogen-bond acceptors (Lipinski definition) is 3. The minimum absolute atomic E-state index is 0.0954. The van der Waals surface area contributed by atoms with Gasteiger partial charge in [0.1, 0.15) is 5.75 Å². The van der Waals surface area contributed by atoms with E-state index in [0.717, 1.165) is 16.7 Å². The molecular formula is C20H20ClNO3. The summed E-state index contributed by atoms with van der Waals surface area (Å²) in [6, 6.07) is 11.0. The first-order valence-electron chi connectivity index (χ1n) is 8.20. The zero-order valence-electron chi connectivity index (χ0n) is 14.5. The Morgan fingerprint density at radius 1 is 1.08 bits per heavy atom. The van der Waals surface area contributed by atoms with Gasteiger partial charge in [0.25, 0.3) is 0 Å². The van der Waals surface area contributed by atoms with Gasteiger partial charge in [-0.2, -0.15) is 0 Å². The summed E-state index contributed by atoms with van der Waals surface area (Å²) < 4.78 is 5.47. The van der Waals surface area contributed by atoms with Crippen LogP contribution < -0.4 is 9.64 Å². The maximum atomic E-state index is 12.4. The number of benzene rings is 2. The molecule has 0 N–H and O–H groups in total. The summed E-state index contributed by atoms with van der Waals surface area (Å²) in [4.78, 5) is 26.3. The molecule has 2 aromatic carbocycles. The largest absolute Gasteiger partial charge is 0.426 e. The molecule has 0 saturated carbocycles. The summed E-state index contributed by atoms with van der Waals surface area (Å²) in [7, 11) is 0. The van der Waals surface area contributed by atoms with Crippen LogP contribution in [0.4, 0.5) is 5.69 Å². The van der Waals surface area contributed by atoms with Crippen LogP contribution in [-0.4, -0.2) is 18.4 Å². The Kier molecular flexibility index (Phi) is 4.82. The molecule has 1 atom stereocenters. The molecule has 130 valence electrons. The van der Waals surface area contributed by atoms with Crippen LogP contribution in [0.15, 0.2) is 36.4 Å². The van der Waals surface area contributed by atoms with E-state index < -0.39 is 5.92 Å². The molecule has 25 heavy (non-hydrogen) atoms. The minimum Gasteiger partial charge on any atom is -0.426 e. The molecule has 5 heteroatoms. The van der Waals surface area contributed by atoms with Crippen LogP contribution in [0.1, 0.15) is 23.1 Å². The van der Waals surface area contributed by atoms with Crippen LogP contribution in [0.25, 0.3) is 0 Å². The van der Waals surface area contributed by atoms with E-state index in [4.69, 9.17) is 16.3 Å². The van der Waals surface area contributed by atoms with Crippen molar-refractivity contribution in [3.63, 3.8) is 0 Å². The fourth-order valence-electron chi connectivity index (χ4n) is 2.84. The van der Waals surface area contributed by atoms with Crippen LogP contribution in [0.2, 0.25) is 5.02 Å². The normalized spacial score (nSPS) is 17.0. The van der Waals surface area contributed by atoms with E-state index >= 15 is 0 Å². The molecule has 1 saturated heterocycles. The molecule has 1 fully saturated rings. The molecule has 2 aromatic rings. The molecule has 1 amide bonds. The number of rotatable bonds is 3. The van der Waals surface area contributed by atoms with Crippen LogP contribution in [-0.2, 0) is 9.59 Å². The van der Waals surface area contributed by atoms with Crippen molar-refractivity contribution in [3.8, 4) is 5.75 Å². The average Bonchev–Trinajstić information content (AvgIpc) is 2.95. The summed E-state index contributed by atoms with van der Waals surface area (Å²) >= 11 is 6.14. The number of esters is 1. The van der Waals surface area contributed by atoms with Gasteiger partial charge in [-0.15, -0.1) is 0 Å². The molecule has 0 aromatic heterocycles. The Morgan fingerprint density at radius 2 is 1.80 bits per heavy atom. The van der Waals surface area contributed by atoms with Crippen molar-refractivity contribution in [2.24, 2.45) is 5.92 Å². The average molecular weight is 358 g/mol. The lowest BCUT2D eigenvalue weighted by Crippen LogP contribution is -2.27. The third-order valence-electron chi connectivity index (χ3n) is 4.62. The van der Waals surface area contributed by atoms with E-state index in [1.54, 1.807) is 17.0 Å². The molecular weight excluding hydrogens is 338 g/mol. The Labute approximate surface area is 152 Å². The number of carbonyl (C=O) groups is 2. The van der Waals surface area contributed by atoms with Gasteiger partial charge < -0.3 is 9.64 Å². The first-order chi connectivity index (χ1) is 11.8. The van der Waals surface area contributed by atoms with E-state index in [-0.39, 0.29) is 18.3 Å². The number of ether oxygens (including phenoxy) is 1. The quantitative estimate of drug-likeness (QED) is 0.610. The van der Waals surface area contributed by atoms with E-state index in [1.807, 2.05) is 45.0 Å². The Morgan fingerprint density at radius 3 is 2.48 bits per heavy atom. The standard InChI is InChI=1S/C20H20ClNO3/c1-12-5-7-17(8-14(12)3)25-20(24)15-9-19(23)22(11-15)16-6-4-13(2)18(21)10-16/h4-8,10,15H,9,11H2,1-3H3/t15-/m0/s1. The lowest BCUT2D eigenvalue weighted by atomic mass is 10.1. The number of anilines is 1. The first kappa shape index (κ1) is 17.5.